The first kappa shape index (κ1) is 25.6. The number of rotatable bonds is 7. The summed E-state index contributed by atoms with van der Waals surface area (Å²) >= 11 is 0. The molecule has 1 aromatic heterocycles. The predicted octanol–water partition coefficient (Wildman–Crippen LogP) is 5.36. The molecule has 4 rings (SSSR count). The van der Waals surface area contributed by atoms with Gasteiger partial charge in [0.25, 0.3) is 12.3 Å². The van der Waals surface area contributed by atoms with Crippen LogP contribution in [0.25, 0.3) is 11.3 Å². The van der Waals surface area contributed by atoms with E-state index in [1.165, 1.54) is 49.8 Å². The van der Waals surface area contributed by atoms with E-state index in [4.69, 9.17) is 0 Å². The maximum absolute atomic E-state index is 15.1. The number of nitrogens with one attached hydrogen (secondary N) is 2. The molecule has 1 atom stereocenters. The molecule has 0 saturated carbocycles. The highest BCUT2D eigenvalue weighted by atomic mass is 19.3. The van der Waals surface area contributed by atoms with Gasteiger partial charge < -0.3 is 15.5 Å². The molecule has 0 aliphatic carbocycles. The van der Waals surface area contributed by atoms with Gasteiger partial charge in [0.15, 0.2) is 0 Å². The lowest BCUT2D eigenvalue weighted by Crippen LogP contribution is -2.37. The van der Waals surface area contributed by atoms with Crippen molar-refractivity contribution in [2.45, 2.75) is 38.3 Å². The smallest absolute Gasteiger partial charge is 0.266 e. The lowest BCUT2D eigenvalue weighted by atomic mass is 10.00. The molecule has 2 heterocycles. The lowest BCUT2D eigenvalue weighted by Gasteiger charge is -2.31. The Balaban J connectivity index is 1.67. The third-order valence-electron chi connectivity index (χ3n) is 6.40. The van der Waals surface area contributed by atoms with Crippen LogP contribution in [-0.2, 0) is 0 Å². The Bertz CT molecular complexity index is 1220. The minimum absolute atomic E-state index is 0.0367. The van der Waals surface area contributed by atoms with E-state index in [1.807, 2.05) is 7.05 Å². The van der Waals surface area contributed by atoms with Gasteiger partial charge in [-0.3, -0.25) is 4.79 Å². The summed E-state index contributed by atoms with van der Waals surface area (Å²) in [5.74, 6) is -2.23. The van der Waals surface area contributed by atoms with Gasteiger partial charge in [0.05, 0.1) is 28.6 Å². The van der Waals surface area contributed by atoms with Crippen LogP contribution < -0.4 is 10.6 Å². The van der Waals surface area contributed by atoms with Gasteiger partial charge in [-0.15, -0.1) is 0 Å². The van der Waals surface area contributed by atoms with Crippen molar-refractivity contribution in [3.8, 4) is 11.3 Å². The van der Waals surface area contributed by atoms with Gasteiger partial charge in [-0.1, -0.05) is 18.2 Å². The Morgan fingerprint density at radius 2 is 1.83 bits per heavy atom. The maximum atomic E-state index is 15.1. The average molecular weight is 502 g/mol. The van der Waals surface area contributed by atoms with Gasteiger partial charge in [-0.2, -0.15) is 0 Å². The van der Waals surface area contributed by atoms with E-state index in [1.54, 1.807) is 0 Å². The number of alkyl halides is 2. The van der Waals surface area contributed by atoms with Crippen LogP contribution in [0.3, 0.4) is 0 Å². The molecule has 1 amide bonds. The van der Waals surface area contributed by atoms with Crippen molar-refractivity contribution < 1.29 is 22.4 Å². The molecule has 0 unspecified atom stereocenters. The highest BCUT2D eigenvalue weighted by Crippen LogP contribution is 2.31. The summed E-state index contributed by atoms with van der Waals surface area (Å²) in [6.45, 7) is 3.22. The van der Waals surface area contributed by atoms with Gasteiger partial charge in [-0.05, 0) is 58.1 Å². The molecule has 0 spiro atoms. The number of hydrogen-bond donors (Lipinski definition) is 2. The number of likely N-dealkylation sites (tertiary alicyclic amines) is 1. The third kappa shape index (κ3) is 5.64. The number of halogens is 4. The molecular formula is C26H27F4N5O. The molecule has 1 aliphatic rings. The molecule has 6 nitrogen and oxygen atoms in total. The van der Waals surface area contributed by atoms with Crippen molar-refractivity contribution in [3.63, 3.8) is 0 Å². The van der Waals surface area contributed by atoms with Crippen molar-refractivity contribution >= 4 is 11.6 Å². The van der Waals surface area contributed by atoms with Crippen LogP contribution in [0.15, 0.2) is 48.9 Å². The number of aromatic nitrogens is 2. The van der Waals surface area contributed by atoms with Crippen LogP contribution >= 0.6 is 0 Å². The van der Waals surface area contributed by atoms with Crippen LogP contribution in [0.5, 0.6) is 0 Å². The first-order valence-electron chi connectivity index (χ1n) is 11.7. The van der Waals surface area contributed by atoms with Crippen molar-refractivity contribution in [2.75, 3.05) is 25.5 Å². The van der Waals surface area contributed by atoms with Crippen LogP contribution in [0.2, 0.25) is 0 Å². The summed E-state index contributed by atoms with van der Waals surface area (Å²) in [7, 11) is 2.02. The second-order valence-electron chi connectivity index (χ2n) is 8.94. The normalized spacial score (nSPS) is 15.6. The number of carbonyl (C=O) groups is 1. The Labute approximate surface area is 206 Å². The van der Waals surface area contributed by atoms with Gasteiger partial charge >= 0.3 is 0 Å². The molecule has 36 heavy (non-hydrogen) atoms. The fraction of sp³-hybridized carbons (Fsp3) is 0.346. The fourth-order valence-corrected chi connectivity index (χ4v) is 4.32. The van der Waals surface area contributed by atoms with E-state index in [-0.39, 0.29) is 22.7 Å². The fourth-order valence-electron chi connectivity index (χ4n) is 4.32. The Kier molecular flexibility index (Phi) is 7.83. The third-order valence-corrected chi connectivity index (χ3v) is 6.40. The molecule has 2 aromatic carbocycles. The van der Waals surface area contributed by atoms with Crippen LogP contribution in [0.1, 0.15) is 53.7 Å². The Morgan fingerprint density at radius 1 is 1.11 bits per heavy atom. The highest BCUT2D eigenvalue weighted by molar-refractivity contribution is 6.01. The van der Waals surface area contributed by atoms with Crippen molar-refractivity contribution in [2.24, 2.45) is 0 Å². The first-order chi connectivity index (χ1) is 17.2. The summed E-state index contributed by atoms with van der Waals surface area (Å²) in [4.78, 5) is 23.5. The van der Waals surface area contributed by atoms with Crippen LogP contribution in [0.4, 0.5) is 23.2 Å². The van der Waals surface area contributed by atoms with Gasteiger partial charge in [0.2, 0.25) is 0 Å². The van der Waals surface area contributed by atoms with Gasteiger partial charge in [0.1, 0.15) is 18.0 Å². The molecule has 0 radical (unpaired) electrons. The number of nitrogens with zero attached hydrogens (tertiary/aromatic N) is 3. The second kappa shape index (κ2) is 11.0. The number of piperidine rings is 1. The average Bonchev–Trinajstić information content (AvgIpc) is 2.86. The summed E-state index contributed by atoms with van der Waals surface area (Å²) in [6.07, 6.45) is 1.39. The molecule has 3 aromatic rings. The largest absolute Gasteiger partial charge is 0.381 e. The van der Waals surface area contributed by atoms with Crippen molar-refractivity contribution in [1.29, 1.82) is 0 Å². The van der Waals surface area contributed by atoms with Crippen LogP contribution in [0, 0.1) is 11.6 Å². The molecule has 1 aliphatic heterocycles. The number of amides is 1. The van der Waals surface area contributed by atoms with E-state index in [2.05, 4.69) is 25.5 Å². The second-order valence-corrected chi connectivity index (χ2v) is 8.94. The zero-order valence-corrected chi connectivity index (χ0v) is 19.9. The molecule has 2 N–H and O–H groups in total. The number of anilines is 1. The topological polar surface area (TPSA) is 70.1 Å². The molecular weight excluding hydrogens is 474 g/mol. The van der Waals surface area contributed by atoms with E-state index in [0.717, 1.165) is 32.0 Å². The zero-order valence-electron chi connectivity index (χ0n) is 19.9. The van der Waals surface area contributed by atoms with Crippen LogP contribution in [-0.4, -0.2) is 47.0 Å². The minimum Gasteiger partial charge on any atom is -0.381 e. The zero-order chi connectivity index (χ0) is 25.8. The number of carbonyl (C=O) groups excluding carboxylic acids is 1. The highest BCUT2D eigenvalue weighted by Gasteiger charge is 2.25. The molecule has 190 valence electrons. The summed E-state index contributed by atoms with van der Waals surface area (Å²) in [6, 6.07) is 6.97. The summed E-state index contributed by atoms with van der Waals surface area (Å²) < 4.78 is 56.1. The SMILES string of the molecule is C[C@@H](NC(=O)c1cc(-c2ccncn2)c(F)cc1NC1CCN(C)CC1)c1cccc(C(F)F)c1F. The molecule has 1 saturated heterocycles. The maximum Gasteiger partial charge on any atom is 0.266 e. The van der Waals surface area contributed by atoms with Gasteiger partial charge in [-0.25, -0.2) is 27.5 Å². The van der Waals surface area contributed by atoms with E-state index in [9.17, 15) is 18.0 Å². The van der Waals surface area contributed by atoms with E-state index < -0.39 is 35.6 Å². The molecule has 1 fully saturated rings. The number of hydrogen-bond acceptors (Lipinski definition) is 5. The van der Waals surface area contributed by atoms with E-state index in [0.29, 0.717) is 11.4 Å². The summed E-state index contributed by atoms with van der Waals surface area (Å²) in [5.41, 5.74) is 0.0452. The minimum atomic E-state index is -2.98. The Hall–Kier alpha value is -3.53. The predicted molar refractivity (Wildman–Crippen MR) is 129 cm³/mol. The monoisotopic (exact) mass is 501 g/mol. The Morgan fingerprint density at radius 3 is 2.50 bits per heavy atom. The van der Waals surface area contributed by atoms with Crippen molar-refractivity contribution in [1.82, 2.24) is 20.2 Å². The summed E-state index contributed by atoms with van der Waals surface area (Å²) in [5, 5.41) is 5.96. The lowest BCUT2D eigenvalue weighted by molar-refractivity contribution is 0.0940. The molecule has 0 bridgehead atoms. The quantitative estimate of drug-likeness (QED) is 0.427. The van der Waals surface area contributed by atoms with E-state index >= 15 is 4.39 Å². The first-order valence-corrected chi connectivity index (χ1v) is 11.7. The number of benzene rings is 2. The standard InChI is InChI=1S/C26H27F4N5O/c1-15(17-4-3-5-18(24(17)28)25(29)30)33-26(36)20-12-19(22-6-9-31-14-32-22)21(27)13-23(20)34-16-7-10-35(2)11-8-16/h3-6,9,12-16,25,34H,7-8,10-11H2,1-2H3,(H,33,36)/t15-/m1/s1. The van der Waals surface area contributed by atoms with Gasteiger partial charge in [0, 0.05) is 23.4 Å². The molecule has 10 heteroatoms. The van der Waals surface area contributed by atoms with Crippen molar-refractivity contribution in [3.05, 3.63) is 77.2 Å².